The van der Waals surface area contributed by atoms with E-state index in [1.54, 1.807) is 43.3 Å². The number of aromatic nitrogens is 1. The first-order chi connectivity index (χ1) is 20.2. The molecule has 1 aliphatic rings. The highest BCUT2D eigenvalue weighted by Gasteiger charge is 2.49. The second kappa shape index (κ2) is 12.9. The number of hydrogen-bond donors (Lipinski definition) is 1. The van der Waals surface area contributed by atoms with Crippen LogP contribution < -0.4 is 23.8 Å². The van der Waals surface area contributed by atoms with Gasteiger partial charge in [-0.3, -0.25) is 14.5 Å². The molecule has 3 aromatic rings. The highest BCUT2D eigenvalue weighted by atomic mass is 32.1. The molecule has 1 saturated heterocycles. The maximum atomic E-state index is 13.7. The number of Topliss-reactive ketones (excluding diaryl/α,β-unsaturated/α-hetero) is 1. The smallest absolute Gasteiger partial charge is 0.350 e. The van der Waals surface area contributed by atoms with Gasteiger partial charge in [-0.2, -0.15) is 0 Å². The molecule has 12 heteroatoms. The first-order valence-electron chi connectivity index (χ1n) is 13.1. The van der Waals surface area contributed by atoms with Crippen LogP contribution >= 0.6 is 11.3 Å². The molecule has 0 radical (unpaired) electrons. The van der Waals surface area contributed by atoms with E-state index in [4.69, 9.17) is 23.7 Å². The maximum absolute atomic E-state index is 13.7. The van der Waals surface area contributed by atoms with E-state index in [0.717, 1.165) is 29.1 Å². The van der Waals surface area contributed by atoms with Gasteiger partial charge in [-0.05, 0) is 43.2 Å². The number of methoxy groups -OCH3 is 4. The van der Waals surface area contributed by atoms with Crippen molar-refractivity contribution in [3.63, 3.8) is 0 Å². The normalized spacial score (nSPS) is 16.0. The number of aliphatic hydroxyl groups excluding tert-OH is 1. The number of aliphatic hydroxyl groups is 1. The van der Waals surface area contributed by atoms with Crippen molar-refractivity contribution >= 4 is 39.9 Å². The van der Waals surface area contributed by atoms with E-state index in [1.165, 1.54) is 28.4 Å². The molecule has 1 amide bonds. The van der Waals surface area contributed by atoms with Crippen molar-refractivity contribution in [1.29, 1.82) is 0 Å². The fraction of sp³-hybridized carbons (Fsp3) is 0.333. The molecule has 0 saturated carbocycles. The Morgan fingerprint density at radius 1 is 1.05 bits per heavy atom. The number of unbranched alkanes of at least 4 members (excludes halogenated alkanes) is 1. The minimum Gasteiger partial charge on any atom is -0.507 e. The number of benzene rings is 2. The number of carbonyl (C=O) groups is 3. The number of ketones is 1. The van der Waals surface area contributed by atoms with Crippen molar-refractivity contribution in [2.45, 2.75) is 32.7 Å². The zero-order valence-corrected chi connectivity index (χ0v) is 25.0. The maximum Gasteiger partial charge on any atom is 0.350 e. The zero-order valence-electron chi connectivity index (χ0n) is 24.2. The van der Waals surface area contributed by atoms with E-state index < -0.39 is 29.5 Å². The third kappa shape index (κ3) is 5.62. The molecule has 11 nitrogen and oxygen atoms in total. The van der Waals surface area contributed by atoms with Crippen molar-refractivity contribution in [1.82, 2.24) is 4.98 Å². The quantitative estimate of drug-likeness (QED) is 0.105. The Morgan fingerprint density at radius 3 is 2.33 bits per heavy atom. The second-order valence-electron chi connectivity index (χ2n) is 9.26. The van der Waals surface area contributed by atoms with Crippen molar-refractivity contribution in [3.05, 3.63) is 63.7 Å². The molecule has 0 bridgehead atoms. The van der Waals surface area contributed by atoms with Gasteiger partial charge >= 0.3 is 11.9 Å². The molecule has 2 aromatic carbocycles. The molecule has 1 aliphatic heterocycles. The molecule has 1 unspecified atom stereocenters. The highest BCUT2D eigenvalue weighted by molar-refractivity contribution is 7.17. The second-order valence-corrected chi connectivity index (χ2v) is 10.2. The van der Waals surface area contributed by atoms with Crippen LogP contribution in [0.3, 0.4) is 0 Å². The Hall–Kier alpha value is -4.58. The van der Waals surface area contributed by atoms with Crippen LogP contribution in [0.25, 0.3) is 5.76 Å². The lowest BCUT2D eigenvalue weighted by molar-refractivity contribution is -0.132. The highest BCUT2D eigenvalue weighted by Crippen LogP contribution is 2.48. The molecule has 0 aliphatic carbocycles. The van der Waals surface area contributed by atoms with Crippen LogP contribution in [0.1, 0.15) is 52.3 Å². The predicted octanol–water partition coefficient (Wildman–Crippen LogP) is 5.07. The van der Waals surface area contributed by atoms with Gasteiger partial charge in [-0.15, -0.1) is 0 Å². The van der Waals surface area contributed by atoms with Crippen molar-refractivity contribution < 1.29 is 43.2 Å². The molecule has 1 aromatic heterocycles. The summed E-state index contributed by atoms with van der Waals surface area (Å²) in [5.41, 5.74) is 0.787. The first-order valence-corrected chi connectivity index (χ1v) is 13.9. The SMILES string of the molecule is CCCCOc1cccc(/C(O)=C2\C(=O)C(=O)N(c3nc(C)c(C(=O)OC)s3)C2c2cc(OC)c(OC)c(OC)c2)c1. The minimum atomic E-state index is -1.17. The number of aryl methyl sites for hydroxylation is 1. The Morgan fingerprint density at radius 2 is 1.74 bits per heavy atom. The number of anilines is 1. The Kier molecular flexibility index (Phi) is 9.36. The Bertz CT molecular complexity index is 1520. The number of amides is 1. The van der Waals surface area contributed by atoms with Crippen LogP contribution in [-0.4, -0.2) is 62.8 Å². The standard InChI is InChI=1S/C30H32N2O9S/c1-7-8-12-41-19-11-9-10-17(13-19)24(33)22-23(18-14-20(37-3)26(39-5)21(15-18)38-4)32(28(35)25(22)34)30-31-16(2)27(42-30)29(36)40-6/h9-11,13-15,23,33H,7-8,12H2,1-6H3/b24-22+. The van der Waals surface area contributed by atoms with Crippen LogP contribution in [0, 0.1) is 6.92 Å². The summed E-state index contributed by atoms with van der Waals surface area (Å²) >= 11 is 0.900. The molecule has 42 heavy (non-hydrogen) atoms. The molecule has 222 valence electrons. The number of nitrogens with zero attached hydrogens (tertiary/aromatic N) is 2. The minimum absolute atomic E-state index is 0.0736. The number of esters is 1. The lowest BCUT2D eigenvalue weighted by Gasteiger charge is -2.24. The molecule has 1 fully saturated rings. The summed E-state index contributed by atoms with van der Waals surface area (Å²) < 4.78 is 27.1. The number of hydrogen-bond acceptors (Lipinski definition) is 11. The molecule has 1 N–H and O–H groups in total. The van der Waals surface area contributed by atoms with E-state index in [1.807, 2.05) is 6.92 Å². The monoisotopic (exact) mass is 596 g/mol. The third-order valence-corrected chi connectivity index (χ3v) is 7.82. The van der Waals surface area contributed by atoms with Gasteiger partial charge in [-0.1, -0.05) is 36.8 Å². The van der Waals surface area contributed by atoms with Gasteiger partial charge < -0.3 is 28.8 Å². The number of thiazole rings is 1. The summed E-state index contributed by atoms with van der Waals surface area (Å²) in [7, 11) is 5.57. The lowest BCUT2D eigenvalue weighted by atomic mass is 9.94. The van der Waals surface area contributed by atoms with Gasteiger partial charge in [0, 0.05) is 5.56 Å². The van der Waals surface area contributed by atoms with Crippen LogP contribution in [0.15, 0.2) is 42.0 Å². The van der Waals surface area contributed by atoms with Gasteiger partial charge in [0.1, 0.15) is 16.4 Å². The zero-order chi connectivity index (χ0) is 30.6. The van der Waals surface area contributed by atoms with Crippen molar-refractivity contribution in [2.75, 3.05) is 39.9 Å². The van der Waals surface area contributed by atoms with Crippen LogP contribution in [0.4, 0.5) is 5.13 Å². The summed E-state index contributed by atoms with van der Waals surface area (Å²) in [6.07, 6.45) is 1.80. The van der Waals surface area contributed by atoms with Crippen molar-refractivity contribution in [3.8, 4) is 23.0 Å². The molecule has 2 heterocycles. The molecule has 1 atom stereocenters. The van der Waals surface area contributed by atoms with Gasteiger partial charge in [0.15, 0.2) is 16.6 Å². The average Bonchev–Trinajstić information content (AvgIpc) is 3.51. The summed E-state index contributed by atoms with van der Waals surface area (Å²) in [4.78, 5) is 45.4. The summed E-state index contributed by atoms with van der Waals surface area (Å²) in [6, 6.07) is 8.66. The Labute approximate surface area is 247 Å². The molecular formula is C30H32N2O9S. The van der Waals surface area contributed by atoms with Gasteiger partial charge in [-0.25, -0.2) is 9.78 Å². The number of carbonyl (C=O) groups excluding carboxylic acids is 3. The van der Waals surface area contributed by atoms with E-state index in [-0.39, 0.29) is 32.6 Å². The topological polar surface area (TPSA) is 134 Å². The fourth-order valence-electron chi connectivity index (χ4n) is 4.59. The predicted molar refractivity (Wildman–Crippen MR) is 156 cm³/mol. The van der Waals surface area contributed by atoms with Gasteiger partial charge in [0.2, 0.25) is 5.75 Å². The average molecular weight is 597 g/mol. The summed E-state index contributed by atoms with van der Waals surface area (Å²) in [6.45, 7) is 4.13. The fourth-order valence-corrected chi connectivity index (χ4v) is 5.61. The third-order valence-electron chi connectivity index (χ3n) is 6.68. The van der Waals surface area contributed by atoms with E-state index in [9.17, 15) is 19.5 Å². The molecule has 4 rings (SSSR count). The van der Waals surface area contributed by atoms with Gasteiger partial charge in [0.25, 0.3) is 5.78 Å². The summed E-state index contributed by atoms with van der Waals surface area (Å²) in [5.74, 6) is -1.55. The Balaban J connectivity index is 1.96. The molecule has 0 spiro atoms. The van der Waals surface area contributed by atoms with Crippen molar-refractivity contribution in [2.24, 2.45) is 0 Å². The largest absolute Gasteiger partial charge is 0.507 e. The number of rotatable bonds is 11. The van der Waals surface area contributed by atoms with Crippen LogP contribution in [-0.2, 0) is 14.3 Å². The molecular weight excluding hydrogens is 564 g/mol. The lowest BCUT2D eigenvalue weighted by Crippen LogP contribution is -2.29. The van der Waals surface area contributed by atoms with E-state index in [2.05, 4.69) is 4.98 Å². The summed E-state index contributed by atoms with van der Waals surface area (Å²) in [5, 5.41) is 11.7. The first kappa shape index (κ1) is 30.4. The van der Waals surface area contributed by atoms with Crippen LogP contribution in [0.2, 0.25) is 0 Å². The van der Waals surface area contributed by atoms with E-state index >= 15 is 0 Å². The van der Waals surface area contributed by atoms with Crippen LogP contribution in [0.5, 0.6) is 23.0 Å². The van der Waals surface area contributed by atoms with Gasteiger partial charge in [0.05, 0.1) is 52.4 Å². The number of ether oxygens (including phenoxy) is 5. The van der Waals surface area contributed by atoms with E-state index in [0.29, 0.717) is 29.4 Å².